The Bertz CT molecular complexity index is 236. The summed E-state index contributed by atoms with van der Waals surface area (Å²) in [6.45, 7) is 9.96. The number of rotatable bonds is 5. The average Bonchev–Trinajstić information content (AvgIpc) is 2.66. The van der Waals surface area contributed by atoms with Crippen LogP contribution in [0.5, 0.6) is 0 Å². The fraction of sp³-hybridized carbons (Fsp3) is 1.00. The highest BCUT2D eigenvalue weighted by atomic mass is 15.1. The van der Waals surface area contributed by atoms with Crippen molar-refractivity contribution in [3.63, 3.8) is 0 Å². The second kappa shape index (κ2) is 8.23. The monoisotopic (exact) mass is 267 g/mol. The third-order valence-electron chi connectivity index (χ3n) is 5.09. The molecule has 0 radical (unpaired) electrons. The van der Waals surface area contributed by atoms with Gasteiger partial charge in [0.15, 0.2) is 0 Å². The molecular formula is C16H33N3. The summed E-state index contributed by atoms with van der Waals surface area (Å²) in [5, 5.41) is 3.82. The Kier molecular flexibility index (Phi) is 6.62. The third-order valence-corrected chi connectivity index (χ3v) is 5.09. The zero-order chi connectivity index (χ0) is 13.5. The summed E-state index contributed by atoms with van der Waals surface area (Å²) in [4.78, 5) is 5.06. The van der Waals surface area contributed by atoms with E-state index in [0.717, 1.165) is 12.0 Å². The quantitative estimate of drug-likeness (QED) is 0.824. The van der Waals surface area contributed by atoms with Crippen LogP contribution in [-0.2, 0) is 0 Å². The highest BCUT2D eigenvalue weighted by Crippen LogP contribution is 2.19. The SMILES string of the molecule is CCN1CCCC(NCCC2CCN(C)CC2)CC1. The van der Waals surface area contributed by atoms with Gasteiger partial charge in [0.1, 0.15) is 0 Å². The van der Waals surface area contributed by atoms with Crippen LogP contribution < -0.4 is 5.32 Å². The Hall–Kier alpha value is -0.120. The first kappa shape index (κ1) is 15.3. The summed E-state index contributed by atoms with van der Waals surface area (Å²) >= 11 is 0. The van der Waals surface area contributed by atoms with Crippen molar-refractivity contribution in [2.75, 3.05) is 46.3 Å². The van der Waals surface area contributed by atoms with E-state index < -0.39 is 0 Å². The van der Waals surface area contributed by atoms with Gasteiger partial charge in [-0.15, -0.1) is 0 Å². The minimum atomic E-state index is 0.780. The molecule has 19 heavy (non-hydrogen) atoms. The Morgan fingerprint density at radius 1 is 1.00 bits per heavy atom. The molecule has 2 rings (SSSR count). The van der Waals surface area contributed by atoms with Gasteiger partial charge in [0, 0.05) is 6.04 Å². The van der Waals surface area contributed by atoms with E-state index >= 15 is 0 Å². The van der Waals surface area contributed by atoms with Crippen molar-refractivity contribution >= 4 is 0 Å². The first-order valence-electron chi connectivity index (χ1n) is 8.42. The van der Waals surface area contributed by atoms with Crippen molar-refractivity contribution in [3.05, 3.63) is 0 Å². The number of likely N-dealkylation sites (tertiary alicyclic amines) is 2. The summed E-state index contributed by atoms with van der Waals surface area (Å²) in [7, 11) is 2.25. The van der Waals surface area contributed by atoms with E-state index in [1.807, 2.05) is 0 Å². The van der Waals surface area contributed by atoms with E-state index in [1.165, 1.54) is 77.8 Å². The first-order valence-corrected chi connectivity index (χ1v) is 8.42. The van der Waals surface area contributed by atoms with Gasteiger partial charge in [0.2, 0.25) is 0 Å². The van der Waals surface area contributed by atoms with Crippen LogP contribution in [0, 0.1) is 5.92 Å². The molecule has 0 amide bonds. The molecule has 1 N–H and O–H groups in total. The second-order valence-electron chi connectivity index (χ2n) is 6.55. The lowest BCUT2D eigenvalue weighted by molar-refractivity contribution is 0.210. The zero-order valence-corrected chi connectivity index (χ0v) is 13.0. The topological polar surface area (TPSA) is 18.5 Å². The summed E-state index contributed by atoms with van der Waals surface area (Å²) in [6.07, 6.45) is 8.31. The largest absolute Gasteiger partial charge is 0.314 e. The molecule has 2 fully saturated rings. The van der Waals surface area contributed by atoms with Crippen LogP contribution >= 0.6 is 0 Å². The van der Waals surface area contributed by atoms with E-state index in [2.05, 4.69) is 29.1 Å². The predicted octanol–water partition coefficient (Wildman–Crippen LogP) is 2.18. The van der Waals surface area contributed by atoms with E-state index in [1.54, 1.807) is 0 Å². The molecule has 0 aromatic heterocycles. The van der Waals surface area contributed by atoms with Gasteiger partial charge in [-0.05, 0) is 90.8 Å². The lowest BCUT2D eigenvalue weighted by Crippen LogP contribution is -2.35. The van der Waals surface area contributed by atoms with Gasteiger partial charge in [-0.2, -0.15) is 0 Å². The number of hydrogen-bond donors (Lipinski definition) is 1. The van der Waals surface area contributed by atoms with E-state index in [9.17, 15) is 0 Å². The summed E-state index contributed by atoms with van der Waals surface area (Å²) < 4.78 is 0. The van der Waals surface area contributed by atoms with Crippen molar-refractivity contribution in [3.8, 4) is 0 Å². The molecule has 0 spiro atoms. The van der Waals surface area contributed by atoms with Crippen molar-refractivity contribution in [1.82, 2.24) is 15.1 Å². The van der Waals surface area contributed by atoms with Crippen molar-refractivity contribution in [2.45, 2.75) is 51.5 Å². The molecule has 1 atom stereocenters. The fourth-order valence-electron chi connectivity index (χ4n) is 3.52. The fourth-order valence-corrected chi connectivity index (χ4v) is 3.52. The molecule has 3 heteroatoms. The molecule has 2 heterocycles. The normalized spacial score (nSPS) is 28.4. The van der Waals surface area contributed by atoms with Crippen molar-refractivity contribution in [1.29, 1.82) is 0 Å². The molecule has 0 saturated carbocycles. The lowest BCUT2D eigenvalue weighted by atomic mass is 9.93. The molecule has 0 aromatic rings. The third kappa shape index (κ3) is 5.41. The molecule has 1 unspecified atom stereocenters. The molecule has 2 aliphatic rings. The van der Waals surface area contributed by atoms with Crippen LogP contribution in [0.25, 0.3) is 0 Å². The zero-order valence-electron chi connectivity index (χ0n) is 13.0. The molecule has 2 saturated heterocycles. The van der Waals surface area contributed by atoms with Crippen LogP contribution in [0.2, 0.25) is 0 Å². The molecule has 112 valence electrons. The Morgan fingerprint density at radius 3 is 2.53 bits per heavy atom. The van der Waals surface area contributed by atoms with Crippen LogP contribution in [0.1, 0.15) is 45.4 Å². The summed E-state index contributed by atoms with van der Waals surface area (Å²) in [5.41, 5.74) is 0. The molecule has 0 aliphatic carbocycles. The highest BCUT2D eigenvalue weighted by molar-refractivity contribution is 4.76. The number of nitrogens with zero attached hydrogens (tertiary/aromatic N) is 2. The summed E-state index contributed by atoms with van der Waals surface area (Å²) in [5.74, 6) is 0.974. The number of nitrogens with one attached hydrogen (secondary N) is 1. The summed E-state index contributed by atoms with van der Waals surface area (Å²) in [6, 6.07) is 0.780. The van der Waals surface area contributed by atoms with E-state index in [-0.39, 0.29) is 0 Å². The predicted molar refractivity (Wildman–Crippen MR) is 82.6 cm³/mol. The first-order chi connectivity index (χ1) is 9.28. The minimum Gasteiger partial charge on any atom is -0.314 e. The van der Waals surface area contributed by atoms with Gasteiger partial charge in [-0.25, -0.2) is 0 Å². The van der Waals surface area contributed by atoms with Gasteiger partial charge in [-0.3, -0.25) is 0 Å². The van der Waals surface area contributed by atoms with Crippen molar-refractivity contribution < 1.29 is 0 Å². The maximum absolute atomic E-state index is 3.82. The van der Waals surface area contributed by atoms with Gasteiger partial charge in [-0.1, -0.05) is 6.92 Å². The van der Waals surface area contributed by atoms with E-state index in [0.29, 0.717) is 0 Å². The highest BCUT2D eigenvalue weighted by Gasteiger charge is 2.18. The van der Waals surface area contributed by atoms with E-state index in [4.69, 9.17) is 0 Å². The van der Waals surface area contributed by atoms with Gasteiger partial charge in [0.05, 0.1) is 0 Å². The van der Waals surface area contributed by atoms with Crippen LogP contribution in [0.15, 0.2) is 0 Å². The van der Waals surface area contributed by atoms with Crippen LogP contribution in [-0.4, -0.2) is 62.2 Å². The molecule has 2 aliphatic heterocycles. The second-order valence-corrected chi connectivity index (χ2v) is 6.55. The van der Waals surface area contributed by atoms with Crippen LogP contribution in [0.3, 0.4) is 0 Å². The van der Waals surface area contributed by atoms with Crippen molar-refractivity contribution in [2.24, 2.45) is 5.92 Å². The molecule has 0 bridgehead atoms. The average molecular weight is 267 g/mol. The molecule has 0 aromatic carbocycles. The maximum Gasteiger partial charge on any atom is 0.00797 e. The van der Waals surface area contributed by atoms with Gasteiger partial charge < -0.3 is 15.1 Å². The van der Waals surface area contributed by atoms with Crippen LogP contribution in [0.4, 0.5) is 0 Å². The number of piperidine rings is 1. The Balaban J connectivity index is 1.57. The van der Waals surface area contributed by atoms with Gasteiger partial charge in [0.25, 0.3) is 0 Å². The minimum absolute atomic E-state index is 0.780. The lowest BCUT2D eigenvalue weighted by Gasteiger charge is -2.29. The smallest absolute Gasteiger partial charge is 0.00797 e. The Morgan fingerprint density at radius 2 is 1.79 bits per heavy atom. The Labute approximate surface area is 119 Å². The van der Waals surface area contributed by atoms with Gasteiger partial charge >= 0.3 is 0 Å². The maximum atomic E-state index is 3.82. The molecular weight excluding hydrogens is 234 g/mol. The number of hydrogen-bond acceptors (Lipinski definition) is 3. The standard InChI is InChI=1S/C16H33N3/c1-3-19-11-4-5-16(9-14-19)17-10-6-15-7-12-18(2)13-8-15/h15-17H,3-14H2,1-2H3. The molecule has 3 nitrogen and oxygen atoms in total.